The summed E-state index contributed by atoms with van der Waals surface area (Å²) in [5.41, 5.74) is 2.16. The quantitative estimate of drug-likeness (QED) is 0.579. The molecule has 94 valence electrons. The summed E-state index contributed by atoms with van der Waals surface area (Å²) in [6, 6.07) is 0. The van der Waals surface area contributed by atoms with Crippen molar-refractivity contribution < 1.29 is 4.74 Å². The van der Waals surface area contributed by atoms with Gasteiger partial charge in [-0.15, -0.1) is 0 Å². The van der Waals surface area contributed by atoms with Gasteiger partial charge in [0.25, 0.3) is 0 Å². The topological polar surface area (TPSA) is 9.23 Å². The maximum absolute atomic E-state index is 6.34. The van der Waals surface area contributed by atoms with Crippen LogP contribution >= 0.6 is 0 Å². The van der Waals surface area contributed by atoms with Crippen LogP contribution in [0.4, 0.5) is 0 Å². The summed E-state index contributed by atoms with van der Waals surface area (Å²) < 4.78 is 6.34. The summed E-state index contributed by atoms with van der Waals surface area (Å²) in [5, 5.41) is 0. The minimum atomic E-state index is 0.513. The van der Waals surface area contributed by atoms with E-state index in [1.807, 2.05) is 0 Å². The first-order valence-corrected chi connectivity index (χ1v) is 7.36. The van der Waals surface area contributed by atoms with E-state index in [9.17, 15) is 0 Å². The van der Waals surface area contributed by atoms with Crippen LogP contribution in [0.3, 0.4) is 0 Å². The van der Waals surface area contributed by atoms with Crippen molar-refractivity contribution in [2.24, 2.45) is 35.0 Å². The molecule has 0 aromatic heterocycles. The average molecular weight is 232 g/mol. The molecule has 3 fully saturated rings. The lowest BCUT2D eigenvalue weighted by Gasteiger charge is -2.58. The highest BCUT2D eigenvalue weighted by molar-refractivity contribution is 5.25. The van der Waals surface area contributed by atoms with Gasteiger partial charge in [-0.25, -0.2) is 0 Å². The summed E-state index contributed by atoms with van der Waals surface area (Å²) >= 11 is 0. The molecule has 1 heterocycles. The van der Waals surface area contributed by atoms with Gasteiger partial charge in [-0.3, -0.25) is 0 Å². The fourth-order valence-corrected chi connectivity index (χ4v) is 5.74. The fraction of sp³-hybridized carbons (Fsp3) is 0.875. The van der Waals surface area contributed by atoms with Crippen LogP contribution in [0.15, 0.2) is 11.6 Å². The maximum Gasteiger partial charge on any atom is 0.0621 e. The molecule has 0 radical (unpaired) electrons. The molecule has 17 heavy (non-hydrogen) atoms. The first-order valence-electron chi connectivity index (χ1n) is 7.36. The zero-order valence-corrected chi connectivity index (χ0v) is 11.4. The predicted octanol–water partition coefficient (Wildman–Crippen LogP) is 3.65. The van der Waals surface area contributed by atoms with Gasteiger partial charge in [-0.2, -0.15) is 0 Å². The number of ether oxygens (including phenoxy) is 1. The lowest BCUT2D eigenvalue weighted by molar-refractivity contribution is -0.0525. The summed E-state index contributed by atoms with van der Waals surface area (Å²) in [5.74, 6) is 4.09. The molecular weight excluding hydrogens is 208 g/mol. The Morgan fingerprint density at radius 1 is 1.29 bits per heavy atom. The van der Waals surface area contributed by atoms with Crippen molar-refractivity contribution in [2.75, 3.05) is 0 Å². The van der Waals surface area contributed by atoms with Gasteiger partial charge in [-0.1, -0.05) is 32.4 Å². The van der Waals surface area contributed by atoms with Gasteiger partial charge in [0, 0.05) is 0 Å². The summed E-state index contributed by atoms with van der Waals surface area (Å²) in [4.78, 5) is 0. The smallest absolute Gasteiger partial charge is 0.0621 e. The Kier molecular flexibility index (Phi) is 1.86. The van der Waals surface area contributed by atoms with E-state index in [0.29, 0.717) is 17.6 Å². The summed E-state index contributed by atoms with van der Waals surface area (Å²) in [7, 11) is 0. The molecule has 1 saturated heterocycles. The van der Waals surface area contributed by atoms with Crippen molar-refractivity contribution >= 4 is 0 Å². The molecule has 3 aliphatic carbocycles. The number of fused-ring (bicyclic) bond motifs is 1. The number of allylic oxidation sites excluding steroid dienone is 2. The molecule has 0 spiro atoms. The van der Waals surface area contributed by atoms with E-state index < -0.39 is 0 Å². The molecule has 1 unspecified atom stereocenters. The normalized spacial score (nSPS) is 63.8. The van der Waals surface area contributed by atoms with Crippen LogP contribution in [0.5, 0.6) is 0 Å². The Hall–Kier alpha value is -0.300. The van der Waals surface area contributed by atoms with Crippen LogP contribution in [0, 0.1) is 35.0 Å². The largest absolute Gasteiger partial charge is 0.374 e. The molecular formula is C16H24O. The zero-order chi connectivity index (χ0) is 11.9. The standard InChI is InChI=1S/C16H24O/c1-8-5-11-12-6-13-9(2)15(11)14(17-13)7-16(12,4)10(8)3/h5,9-15H,6-7H2,1-4H3/t9-,10+,11-,12?,13-,14+,15-,16-/m1/s1. The minimum absolute atomic E-state index is 0.513. The molecule has 5 bridgehead atoms. The Labute approximate surface area is 105 Å². The van der Waals surface area contributed by atoms with E-state index in [-0.39, 0.29) is 0 Å². The number of rotatable bonds is 0. The third-order valence-electron chi connectivity index (χ3n) is 6.98. The molecule has 4 aliphatic rings. The molecule has 0 N–H and O–H groups in total. The summed E-state index contributed by atoms with van der Waals surface area (Å²) in [6.07, 6.45) is 6.40. The minimum Gasteiger partial charge on any atom is -0.374 e. The van der Waals surface area contributed by atoms with E-state index in [1.54, 1.807) is 5.57 Å². The van der Waals surface area contributed by atoms with E-state index in [4.69, 9.17) is 4.74 Å². The second-order valence-electron chi connectivity index (χ2n) is 7.41. The first kappa shape index (κ1) is 10.6. The zero-order valence-electron chi connectivity index (χ0n) is 11.4. The second kappa shape index (κ2) is 2.99. The first-order chi connectivity index (χ1) is 8.02. The van der Waals surface area contributed by atoms with Gasteiger partial charge in [0.05, 0.1) is 12.2 Å². The lowest BCUT2D eigenvalue weighted by Crippen LogP contribution is -2.54. The van der Waals surface area contributed by atoms with Crippen molar-refractivity contribution in [2.45, 2.75) is 52.7 Å². The van der Waals surface area contributed by atoms with Crippen LogP contribution in [0.1, 0.15) is 40.5 Å². The number of hydrogen-bond donors (Lipinski definition) is 0. The number of hydrogen-bond acceptors (Lipinski definition) is 1. The van der Waals surface area contributed by atoms with Gasteiger partial charge < -0.3 is 4.74 Å². The average Bonchev–Trinajstić information content (AvgIpc) is 2.45. The van der Waals surface area contributed by atoms with Crippen molar-refractivity contribution in [3.8, 4) is 0 Å². The van der Waals surface area contributed by atoms with Crippen molar-refractivity contribution in [3.63, 3.8) is 0 Å². The molecule has 0 amide bonds. The Morgan fingerprint density at radius 2 is 2.06 bits per heavy atom. The van der Waals surface area contributed by atoms with E-state index in [1.165, 1.54) is 12.8 Å². The van der Waals surface area contributed by atoms with Crippen molar-refractivity contribution in [1.29, 1.82) is 0 Å². The molecule has 4 rings (SSSR count). The van der Waals surface area contributed by atoms with Crippen molar-refractivity contribution in [1.82, 2.24) is 0 Å². The van der Waals surface area contributed by atoms with Gasteiger partial charge in [0.2, 0.25) is 0 Å². The SMILES string of the molecule is CC1=C[C@@H]2C3C[C@H]4O[C@@H](C[C@]3(C)[C@H]1C)[C@@H]2[C@@H]4C. The van der Waals surface area contributed by atoms with E-state index in [0.717, 1.165) is 29.6 Å². The third kappa shape index (κ3) is 1.06. The van der Waals surface area contributed by atoms with Gasteiger partial charge in [0.1, 0.15) is 0 Å². The van der Waals surface area contributed by atoms with Crippen molar-refractivity contribution in [3.05, 3.63) is 11.6 Å². The maximum atomic E-state index is 6.34. The molecule has 0 aromatic carbocycles. The van der Waals surface area contributed by atoms with Gasteiger partial charge in [-0.05, 0) is 54.8 Å². The monoisotopic (exact) mass is 232 g/mol. The predicted molar refractivity (Wildman–Crippen MR) is 68.6 cm³/mol. The highest BCUT2D eigenvalue weighted by Crippen LogP contribution is 2.66. The highest BCUT2D eigenvalue weighted by atomic mass is 16.5. The molecule has 8 atom stereocenters. The Bertz CT molecular complexity index is 398. The molecule has 2 saturated carbocycles. The van der Waals surface area contributed by atoms with Crippen LogP contribution in [0.25, 0.3) is 0 Å². The molecule has 1 nitrogen and oxygen atoms in total. The Balaban J connectivity index is 1.88. The fourth-order valence-electron chi connectivity index (χ4n) is 5.74. The highest BCUT2D eigenvalue weighted by Gasteiger charge is 2.63. The summed E-state index contributed by atoms with van der Waals surface area (Å²) in [6.45, 7) is 9.76. The van der Waals surface area contributed by atoms with Crippen LogP contribution in [-0.2, 0) is 4.74 Å². The molecule has 0 aromatic rings. The Morgan fingerprint density at radius 3 is 2.82 bits per heavy atom. The van der Waals surface area contributed by atoms with E-state index >= 15 is 0 Å². The van der Waals surface area contributed by atoms with Crippen LogP contribution in [-0.4, -0.2) is 12.2 Å². The second-order valence-corrected chi connectivity index (χ2v) is 7.41. The molecule has 1 heteroatoms. The lowest BCUT2D eigenvalue weighted by atomic mass is 9.45. The van der Waals surface area contributed by atoms with Gasteiger partial charge in [0.15, 0.2) is 0 Å². The van der Waals surface area contributed by atoms with Gasteiger partial charge >= 0.3 is 0 Å². The molecule has 1 aliphatic heterocycles. The third-order valence-corrected chi connectivity index (χ3v) is 6.98. The van der Waals surface area contributed by atoms with Crippen LogP contribution < -0.4 is 0 Å². The van der Waals surface area contributed by atoms with E-state index in [2.05, 4.69) is 33.8 Å². The van der Waals surface area contributed by atoms with Crippen LogP contribution in [0.2, 0.25) is 0 Å².